The molecule has 22 heteroatoms. The van der Waals surface area contributed by atoms with E-state index >= 15 is 0 Å². The maximum Gasteiger partial charge on any atom is 0.492 e. The summed E-state index contributed by atoms with van der Waals surface area (Å²) in [6, 6.07) is 23.4. The van der Waals surface area contributed by atoms with Crippen molar-refractivity contribution in [2.45, 2.75) is 84.2 Å². The van der Waals surface area contributed by atoms with Crippen LogP contribution in [0.1, 0.15) is 106 Å². The molecule has 4 aliphatic rings. The van der Waals surface area contributed by atoms with Gasteiger partial charge in [0, 0.05) is 17.5 Å². The molecule has 5 aromatic rings. The summed E-state index contributed by atoms with van der Waals surface area (Å²) in [6.07, 6.45) is 1.89. The largest absolute Gasteiger partial charge is 0.492 e. The molecule has 12 nitrogen and oxygen atoms in total. The lowest BCUT2D eigenvalue weighted by Gasteiger charge is -2.23. The Hall–Kier alpha value is -3.77. The van der Waals surface area contributed by atoms with E-state index in [1.807, 2.05) is 79.7 Å². The van der Waals surface area contributed by atoms with Crippen molar-refractivity contribution < 1.29 is 44.3 Å². The van der Waals surface area contributed by atoms with Gasteiger partial charge in [-0.2, -0.15) is 0 Å². The molecule has 1 unspecified atom stereocenters. The lowest BCUT2D eigenvalue weighted by molar-refractivity contribution is -0.00737. The van der Waals surface area contributed by atoms with Crippen molar-refractivity contribution in [3.05, 3.63) is 160 Å². The van der Waals surface area contributed by atoms with E-state index in [4.69, 9.17) is 110 Å². The highest BCUT2D eigenvalue weighted by Gasteiger charge is 2.44. The van der Waals surface area contributed by atoms with E-state index in [0.717, 1.165) is 66.6 Å². The number of oxime groups is 3. The summed E-state index contributed by atoms with van der Waals surface area (Å²) in [5, 5.41) is 59.0. The van der Waals surface area contributed by atoms with E-state index in [1.165, 1.54) is 6.21 Å². The lowest BCUT2D eigenvalue weighted by atomic mass is 9.77. The van der Waals surface area contributed by atoms with Gasteiger partial charge in [-0.3, -0.25) is 0 Å². The number of allylic oxidation sites excluding steroid dienone is 1. The molecule has 0 bridgehead atoms. The van der Waals surface area contributed by atoms with Gasteiger partial charge in [0.1, 0.15) is 0 Å². The number of benzene rings is 5. The van der Waals surface area contributed by atoms with Crippen LogP contribution >= 0.6 is 81.2 Å². The standard InChI is InChI=1S/C19H17BCl3NO3.C10H11BClNO3.C10H12BNO3.C9H7Cl3/c1-18(2)12-6-10(4-5-13(12)20(25)26-18)16-9-19(3,27-24-16)11-7-14(21)17(23)15(22)8-11;1-10(2)7-5-6(9(12)13-15)3-4-8(7)11(14)16-10;1-10(2)8-5-7(6-12-14)3-4-9(8)11(13)15-10;1-5(2)6-3-7(10)9(12)8(11)4-6/h4-8,25H,9H2,1-3H3;3-5,14-15H,1-2H3;3-6,13-14H,1-2H3;3-4H,1H2,2H3/b;13-9-;12-6+;. The van der Waals surface area contributed by atoms with Crippen molar-refractivity contribution in [2.24, 2.45) is 15.5 Å². The molecule has 0 aromatic heterocycles. The van der Waals surface area contributed by atoms with Crippen LogP contribution in [0.3, 0.4) is 0 Å². The summed E-state index contributed by atoms with van der Waals surface area (Å²) >= 11 is 41.5. The highest BCUT2D eigenvalue weighted by molar-refractivity contribution is 6.69. The van der Waals surface area contributed by atoms with Crippen LogP contribution in [0, 0.1) is 0 Å². The molecule has 4 heterocycles. The number of rotatable bonds is 5. The molecule has 0 radical (unpaired) electrons. The third-order valence-electron chi connectivity index (χ3n) is 11.9. The Morgan fingerprint density at radius 1 is 0.629 bits per heavy atom. The smallest absolute Gasteiger partial charge is 0.423 e. The Morgan fingerprint density at radius 3 is 1.54 bits per heavy atom. The Bertz CT molecular complexity index is 2890. The summed E-state index contributed by atoms with van der Waals surface area (Å²) in [5.41, 5.74) is 8.38. The molecular formula is C48H47B3Cl7N3O9. The third-order valence-corrected chi connectivity index (χ3v) is 14.6. The van der Waals surface area contributed by atoms with E-state index in [0.29, 0.717) is 42.1 Å². The van der Waals surface area contributed by atoms with Crippen LogP contribution in [0.2, 0.25) is 30.1 Å². The number of fused-ring (bicyclic) bond motifs is 3. The van der Waals surface area contributed by atoms with Crippen LogP contribution in [0.5, 0.6) is 0 Å². The van der Waals surface area contributed by atoms with Gasteiger partial charge in [0.25, 0.3) is 0 Å². The molecule has 4 aliphatic heterocycles. The molecule has 366 valence electrons. The van der Waals surface area contributed by atoms with Crippen LogP contribution in [0.4, 0.5) is 0 Å². The highest BCUT2D eigenvalue weighted by Crippen LogP contribution is 2.42. The molecule has 0 saturated carbocycles. The molecule has 0 spiro atoms. The normalized spacial score (nSPS) is 18.9. The summed E-state index contributed by atoms with van der Waals surface area (Å²) in [6.45, 7) is 19.0. The molecule has 5 aromatic carbocycles. The molecule has 0 amide bonds. The van der Waals surface area contributed by atoms with Crippen LogP contribution in [0.25, 0.3) is 5.57 Å². The minimum atomic E-state index is -0.913. The van der Waals surface area contributed by atoms with E-state index < -0.39 is 43.8 Å². The van der Waals surface area contributed by atoms with Crippen molar-refractivity contribution in [2.75, 3.05) is 0 Å². The number of hydrogen-bond acceptors (Lipinski definition) is 12. The van der Waals surface area contributed by atoms with E-state index in [2.05, 4.69) is 22.0 Å². The minimum Gasteiger partial charge on any atom is -0.423 e. The average molecular weight is 1090 g/mol. The summed E-state index contributed by atoms with van der Waals surface area (Å²) in [7, 11) is -2.69. The maximum atomic E-state index is 10.1. The second-order valence-electron chi connectivity index (χ2n) is 18.4. The topological polar surface area (TPSA) is 175 Å². The first-order valence-electron chi connectivity index (χ1n) is 21.4. The quantitative estimate of drug-likeness (QED) is 0.0377. The zero-order valence-electron chi connectivity index (χ0n) is 39.1. The zero-order chi connectivity index (χ0) is 51.8. The van der Waals surface area contributed by atoms with Crippen molar-refractivity contribution in [3.8, 4) is 0 Å². The summed E-state index contributed by atoms with van der Waals surface area (Å²) in [4.78, 5) is 5.78. The van der Waals surface area contributed by atoms with Crippen LogP contribution < -0.4 is 16.4 Å². The summed E-state index contributed by atoms with van der Waals surface area (Å²) in [5.74, 6) is 0. The molecule has 0 aliphatic carbocycles. The first kappa shape index (κ1) is 55.5. The van der Waals surface area contributed by atoms with Gasteiger partial charge in [0.15, 0.2) is 10.8 Å². The molecule has 5 N–H and O–H groups in total. The Balaban J connectivity index is 0.000000162. The Kier molecular flexibility index (Phi) is 17.3. The fraction of sp³-hybridized carbons (Fsp3) is 0.271. The van der Waals surface area contributed by atoms with Crippen molar-refractivity contribution >= 4 is 142 Å². The van der Waals surface area contributed by atoms with E-state index in [9.17, 15) is 15.1 Å². The maximum absolute atomic E-state index is 10.1. The van der Waals surface area contributed by atoms with E-state index in [1.54, 1.807) is 54.6 Å². The van der Waals surface area contributed by atoms with Gasteiger partial charge in [-0.25, -0.2) is 0 Å². The molecule has 0 fully saturated rings. The first-order valence-corrected chi connectivity index (χ1v) is 24.0. The second-order valence-corrected chi connectivity index (χ2v) is 21.1. The first-order chi connectivity index (χ1) is 32.6. The van der Waals surface area contributed by atoms with Gasteiger partial charge < -0.3 is 44.3 Å². The third kappa shape index (κ3) is 12.0. The van der Waals surface area contributed by atoms with Crippen molar-refractivity contribution in [3.63, 3.8) is 0 Å². The fourth-order valence-electron chi connectivity index (χ4n) is 8.14. The zero-order valence-corrected chi connectivity index (χ0v) is 44.4. The number of halogens is 7. The van der Waals surface area contributed by atoms with Crippen molar-refractivity contribution in [1.82, 2.24) is 0 Å². The molecule has 9 rings (SSSR count). The van der Waals surface area contributed by atoms with Crippen LogP contribution in [0.15, 0.2) is 101 Å². The summed E-state index contributed by atoms with van der Waals surface area (Å²) < 4.78 is 16.4. The minimum absolute atomic E-state index is 0.0139. The van der Waals surface area contributed by atoms with E-state index in [-0.39, 0.29) is 5.17 Å². The van der Waals surface area contributed by atoms with Gasteiger partial charge in [-0.15, -0.1) is 0 Å². The monoisotopic (exact) mass is 1090 g/mol. The van der Waals surface area contributed by atoms with Crippen molar-refractivity contribution in [1.29, 1.82) is 0 Å². The second kappa shape index (κ2) is 21.8. The van der Waals surface area contributed by atoms with Crippen LogP contribution in [-0.2, 0) is 41.2 Å². The molecule has 1 atom stereocenters. The number of hydrogen-bond donors (Lipinski definition) is 5. The Labute approximate surface area is 442 Å². The molecule has 70 heavy (non-hydrogen) atoms. The molecular weight excluding hydrogens is 1040 g/mol. The predicted octanol–water partition coefficient (Wildman–Crippen LogP) is 10.8. The van der Waals surface area contributed by atoms with Gasteiger partial charge in [-0.1, -0.05) is 145 Å². The number of nitrogens with zero attached hydrogens (tertiary/aromatic N) is 3. The SMILES string of the molecule is C=C(C)c1cc(Cl)c(Cl)c(Cl)c1.CC1(C)OB(O)c2ccc(/C(Cl)=N/O)cc21.CC1(C)OB(O)c2ccc(/C=N/O)cc21.CC1(C)OB(O)c2ccc(C3=NOC(C)(c4cc(Cl)c(Cl)c(Cl)c4)C3)cc21. The lowest BCUT2D eigenvalue weighted by Crippen LogP contribution is -2.28. The average Bonchev–Trinajstić information content (AvgIpc) is 3.96. The molecule has 0 saturated heterocycles. The van der Waals surface area contributed by atoms with Gasteiger partial charge in [-0.05, 0) is 148 Å². The van der Waals surface area contributed by atoms with Gasteiger partial charge >= 0.3 is 21.4 Å². The van der Waals surface area contributed by atoms with Gasteiger partial charge in [0.05, 0.1) is 58.9 Å². The fourth-order valence-corrected chi connectivity index (χ4v) is 9.45. The Morgan fingerprint density at radius 2 is 1.07 bits per heavy atom. The van der Waals surface area contributed by atoms with Crippen LogP contribution in [-0.4, -0.2) is 63.9 Å². The predicted molar refractivity (Wildman–Crippen MR) is 285 cm³/mol. The highest BCUT2D eigenvalue weighted by atomic mass is 35.5. The van der Waals surface area contributed by atoms with Gasteiger partial charge in [0.2, 0.25) is 0 Å².